The molecule has 480 valence electrons. The summed E-state index contributed by atoms with van der Waals surface area (Å²) in [5.74, 6) is 0.459. The van der Waals surface area contributed by atoms with E-state index in [0.717, 1.165) is 134 Å². The van der Waals surface area contributed by atoms with Crippen molar-refractivity contribution < 1.29 is 53.7 Å². The number of unbranched alkanes of at least 4 members (excludes halogenated alkanes) is 3. The number of amides is 2. The maximum absolute atomic E-state index is 14.5. The van der Waals surface area contributed by atoms with Crippen LogP contribution >= 0.6 is 0 Å². The third-order valence-corrected chi connectivity index (χ3v) is 23.1. The molecule has 4 aliphatic heterocycles. The number of fused-ring (bicyclic) bond motifs is 3. The van der Waals surface area contributed by atoms with Crippen molar-refractivity contribution >= 4 is 29.7 Å². The molecule has 10 aliphatic rings. The fourth-order valence-corrected chi connectivity index (χ4v) is 19.1. The molecule has 0 spiro atoms. The molecule has 3 saturated carbocycles. The predicted octanol–water partition coefficient (Wildman–Crippen LogP) is 11.2. The van der Waals surface area contributed by atoms with E-state index in [2.05, 4.69) is 77.6 Å². The van der Waals surface area contributed by atoms with E-state index in [-0.39, 0.29) is 72.7 Å². The first kappa shape index (κ1) is 61.1. The highest BCUT2D eigenvalue weighted by molar-refractivity contribution is 6.17. The Bertz CT molecular complexity index is 3520. The number of ether oxygens (including phenoxy) is 5. The summed E-state index contributed by atoms with van der Waals surface area (Å²) >= 11 is 0. The van der Waals surface area contributed by atoms with Gasteiger partial charge in [-0.25, -0.2) is 0 Å². The molecule has 8 N–H and O–H groups in total. The smallest absolute Gasteiger partial charge is 0.258 e. The van der Waals surface area contributed by atoms with E-state index in [1.807, 2.05) is 12.1 Å². The number of aromatic hydroxyl groups is 1. The molecule has 0 bridgehead atoms. The van der Waals surface area contributed by atoms with Crippen molar-refractivity contribution in [2.45, 2.75) is 177 Å². The number of carbonyl (C=O) groups excluding carboxylic acids is 2. The third-order valence-electron chi connectivity index (χ3n) is 23.1. The summed E-state index contributed by atoms with van der Waals surface area (Å²) in [5.41, 5.74) is 8.23. The number of likely N-dealkylation sites (N-methyl/N-ethyl adjacent to an activating group) is 1. The molecule has 0 radical (unpaired) electrons. The van der Waals surface area contributed by atoms with Gasteiger partial charge in [0.15, 0.2) is 23.5 Å². The Kier molecular flexibility index (Phi) is 16.9. The van der Waals surface area contributed by atoms with Gasteiger partial charge in [0.25, 0.3) is 11.8 Å². The minimum absolute atomic E-state index is 0.00817. The molecular formula is C74H93N5O11. The van der Waals surface area contributed by atoms with Crippen LogP contribution in [0.5, 0.6) is 34.5 Å². The average Bonchev–Trinajstić information content (AvgIpc) is 0.786. The number of aliphatic hydroxyl groups is 3. The highest BCUT2D eigenvalue weighted by atomic mass is 16.5. The molecule has 4 aromatic rings. The van der Waals surface area contributed by atoms with E-state index in [4.69, 9.17) is 23.7 Å². The Morgan fingerprint density at radius 3 is 2.43 bits per heavy atom. The van der Waals surface area contributed by atoms with Gasteiger partial charge in [0.1, 0.15) is 23.9 Å². The van der Waals surface area contributed by atoms with Crippen LogP contribution in [-0.2, 0) is 27.8 Å². The van der Waals surface area contributed by atoms with Crippen molar-refractivity contribution in [2.24, 2.45) is 29.6 Å². The number of hydrogen-bond donors (Lipinski definition) is 8. The number of phenols is 1. The van der Waals surface area contributed by atoms with Crippen molar-refractivity contribution in [2.75, 3.05) is 65.5 Å². The van der Waals surface area contributed by atoms with Gasteiger partial charge in [-0.3, -0.25) is 19.8 Å². The lowest BCUT2D eigenvalue weighted by molar-refractivity contribution is -0.154. The van der Waals surface area contributed by atoms with E-state index in [1.165, 1.54) is 32.4 Å². The number of aliphatic hydroxyl groups excluding tert-OH is 3. The van der Waals surface area contributed by atoms with E-state index in [1.54, 1.807) is 24.1 Å². The highest BCUT2D eigenvalue weighted by Gasteiger charge is 2.64. The van der Waals surface area contributed by atoms with Gasteiger partial charge in [-0.05, 0) is 149 Å². The van der Waals surface area contributed by atoms with Gasteiger partial charge in [0.05, 0.1) is 44.1 Å². The van der Waals surface area contributed by atoms with Crippen LogP contribution in [0.3, 0.4) is 0 Å². The second-order valence-electron chi connectivity index (χ2n) is 27.8. The molecule has 90 heavy (non-hydrogen) atoms. The zero-order chi connectivity index (χ0) is 62.1. The Labute approximate surface area is 530 Å². The van der Waals surface area contributed by atoms with Gasteiger partial charge in [-0.2, -0.15) is 0 Å². The summed E-state index contributed by atoms with van der Waals surface area (Å²) in [7, 11) is 3.30. The standard InChI is InChI=1S/C74H93N5O11/c1-5-6-7-13-31-76-32-33-87-57-38-59(90-73-30-12-9-17-48(73)21-18-43(2)78-73)66-65-51(57)24-25-52-63(65)56(77-70(66)84)37-58-64(52)68(82)53(42-89-58)46-34-60(86-4)69(83)61(35-46)88-41-50(40-80)74-49-22-19-44-15-14-16-45(67(44)74)20-26-55(74)54(27-23-49)72(28-10-8-11-29-72)79-62(81)36-47(39-75-3)71(79)85/h14-16,19-20,22,26,34-38,43,48-50,53-55,68,70,75-78,80,82-84H,5-13,17-18,21,23-25,27-33,39-42H2,1-4H3/t43-,48+,49-,50-,53-,54-,55+,68-,70+,73-,74-/m0/s1. The number of allylic oxidation sites excluding steroid dienone is 2. The number of anilines is 1. The highest BCUT2D eigenvalue weighted by Crippen LogP contribution is 2.65. The normalized spacial score (nSPS) is 29.2. The Hall–Kier alpha value is -6.40. The molecule has 4 fully saturated rings. The Morgan fingerprint density at radius 2 is 1.63 bits per heavy atom. The number of hydrogen-bond acceptors (Lipinski definition) is 15. The minimum atomic E-state index is -1.09. The lowest BCUT2D eigenvalue weighted by atomic mass is 9.43. The molecule has 6 aliphatic carbocycles. The maximum Gasteiger partial charge on any atom is 0.258 e. The fourth-order valence-electron chi connectivity index (χ4n) is 19.1. The molecule has 0 unspecified atom stereocenters. The van der Waals surface area contributed by atoms with Crippen LogP contribution in [0, 0.1) is 29.6 Å². The number of nitrogens with zero attached hydrogens (tertiary/aromatic N) is 1. The van der Waals surface area contributed by atoms with E-state index >= 15 is 0 Å². The van der Waals surface area contributed by atoms with Crippen LogP contribution in [0.15, 0.2) is 66.3 Å². The number of piperidine rings is 1. The lowest BCUT2D eigenvalue weighted by Crippen LogP contribution is -2.66. The molecule has 2 amide bonds. The van der Waals surface area contributed by atoms with E-state index in [0.29, 0.717) is 85.1 Å². The molecule has 0 aromatic heterocycles. The van der Waals surface area contributed by atoms with Gasteiger partial charge < -0.3 is 60.1 Å². The van der Waals surface area contributed by atoms with Gasteiger partial charge in [-0.15, -0.1) is 0 Å². The Morgan fingerprint density at radius 1 is 0.833 bits per heavy atom. The number of methoxy groups -OCH3 is 1. The predicted molar refractivity (Wildman–Crippen MR) is 347 cm³/mol. The quantitative estimate of drug-likeness (QED) is 0.0272. The van der Waals surface area contributed by atoms with Crippen molar-refractivity contribution in [1.29, 1.82) is 0 Å². The molecule has 4 heterocycles. The van der Waals surface area contributed by atoms with Crippen LogP contribution in [0.1, 0.15) is 186 Å². The molecular weight excluding hydrogens is 1130 g/mol. The van der Waals surface area contributed by atoms with Gasteiger partial charge in [0.2, 0.25) is 5.75 Å². The summed E-state index contributed by atoms with van der Waals surface area (Å²) in [5, 5.41) is 63.8. The largest absolute Gasteiger partial charge is 0.502 e. The summed E-state index contributed by atoms with van der Waals surface area (Å²) in [6, 6.07) is 14.1. The first-order valence-corrected chi connectivity index (χ1v) is 34.2. The summed E-state index contributed by atoms with van der Waals surface area (Å²) in [4.78, 5) is 30.5. The van der Waals surface area contributed by atoms with Crippen molar-refractivity contribution in [1.82, 2.24) is 20.9 Å². The van der Waals surface area contributed by atoms with Crippen LogP contribution in [0.2, 0.25) is 0 Å². The van der Waals surface area contributed by atoms with Gasteiger partial charge >= 0.3 is 0 Å². The monoisotopic (exact) mass is 1230 g/mol. The minimum Gasteiger partial charge on any atom is -0.502 e. The molecule has 11 atom stereocenters. The third kappa shape index (κ3) is 10.1. The lowest BCUT2D eigenvalue weighted by Gasteiger charge is -2.63. The zero-order valence-corrected chi connectivity index (χ0v) is 53.1. The number of benzene rings is 4. The number of rotatable bonds is 22. The van der Waals surface area contributed by atoms with Crippen LogP contribution < -0.4 is 45.0 Å². The topological polar surface area (TPSA) is 213 Å². The zero-order valence-electron chi connectivity index (χ0n) is 53.1. The maximum atomic E-state index is 14.5. The summed E-state index contributed by atoms with van der Waals surface area (Å²) < 4.78 is 33.9. The number of phenolic OH excluding ortho intramolecular Hbond substituents is 1. The fraction of sp³-hybridized carbons (Fsp3) is 0.568. The van der Waals surface area contributed by atoms with E-state index in [9.17, 15) is 30.0 Å². The molecule has 16 nitrogen and oxygen atoms in total. The van der Waals surface area contributed by atoms with Crippen molar-refractivity contribution in [3.05, 3.63) is 111 Å². The van der Waals surface area contributed by atoms with Crippen LogP contribution in [-0.4, -0.2) is 115 Å². The van der Waals surface area contributed by atoms with Crippen LogP contribution in [0.4, 0.5) is 5.69 Å². The van der Waals surface area contributed by atoms with Crippen molar-refractivity contribution in [3.63, 3.8) is 0 Å². The molecule has 1 saturated heterocycles. The van der Waals surface area contributed by atoms with E-state index < -0.39 is 40.8 Å². The van der Waals surface area contributed by atoms with Gasteiger partial charge in [-0.1, -0.05) is 94.4 Å². The summed E-state index contributed by atoms with van der Waals surface area (Å²) in [6.45, 7) is 6.76. The number of carbonyl (C=O) groups is 2. The van der Waals surface area contributed by atoms with Crippen molar-refractivity contribution in [3.8, 4) is 45.6 Å². The SMILES string of the molecule is CCCCCCNCCOc1cc(O[C@@]23CCCC[C@@H]2CC[C@H](C)N3)c2c3c1CCc1c-3c(cc3c1[C@@H](O)[C@H](c1cc(OC)c(O)c(OC[C@H](CO)[C@@]45c6c7cccc6C=C[C@H]4CC[C@H](C4(N6C(=O)C=C(CNC)C6=O)CCCCC4)[C@H]5C=C7)c1)CO3)N[C@@H]2O. The molecule has 16 heteroatoms. The number of imide groups is 1. The average molecular weight is 1230 g/mol. The van der Waals surface area contributed by atoms with Crippen LogP contribution in [0.25, 0.3) is 23.3 Å². The molecule has 14 rings (SSSR count). The second kappa shape index (κ2) is 24.9. The second-order valence-corrected chi connectivity index (χ2v) is 27.8. The summed E-state index contributed by atoms with van der Waals surface area (Å²) in [6.07, 6.45) is 26.5. The first-order valence-electron chi connectivity index (χ1n) is 34.2. The van der Waals surface area contributed by atoms with Gasteiger partial charge in [0, 0.05) is 100 Å². The Balaban J connectivity index is 0.799. The molecule has 4 aromatic carbocycles. The number of nitrogens with one attached hydrogen (secondary N) is 4. The first-order chi connectivity index (χ1) is 43.9.